The molecule has 0 unspecified atom stereocenters. The molecule has 0 bridgehead atoms. The van der Waals surface area contributed by atoms with Crippen molar-refractivity contribution in [3.63, 3.8) is 0 Å². The van der Waals surface area contributed by atoms with Crippen molar-refractivity contribution < 1.29 is 14.3 Å². The molecule has 1 aliphatic heterocycles. The molecule has 1 saturated carbocycles. The molecule has 0 spiro atoms. The fraction of sp³-hybridized carbons (Fsp3) is 0.682. The number of hydrogen-bond acceptors (Lipinski definition) is 4. The summed E-state index contributed by atoms with van der Waals surface area (Å²) in [5.41, 5.74) is 0.745. The first-order valence-corrected chi connectivity index (χ1v) is 10.7. The highest BCUT2D eigenvalue weighted by Gasteiger charge is 2.34. The molecule has 2 atom stereocenters. The third-order valence-electron chi connectivity index (χ3n) is 5.65. The van der Waals surface area contributed by atoms with Gasteiger partial charge in [0.2, 0.25) is 0 Å². The standard InChI is InChI=1S/C22H34N2O3/c1-2-3-8-17-26-19-13-11-18(12-14-19)23-22(25)27-21-10-5-4-9-20(21)24-15-6-7-16-24/h11-14,20-21H,2-10,15-17H2,1H3,(H,23,25)/t20-,21+/m0/s1. The molecule has 150 valence electrons. The van der Waals surface area contributed by atoms with Gasteiger partial charge in [0.1, 0.15) is 11.9 Å². The fourth-order valence-electron chi connectivity index (χ4n) is 4.17. The average molecular weight is 375 g/mol. The van der Waals surface area contributed by atoms with Crippen LogP contribution in [0.4, 0.5) is 10.5 Å². The van der Waals surface area contributed by atoms with E-state index >= 15 is 0 Å². The van der Waals surface area contributed by atoms with Crippen LogP contribution in [0.15, 0.2) is 24.3 Å². The van der Waals surface area contributed by atoms with Crippen LogP contribution in [0.1, 0.15) is 64.7 Å². The third kappa shape index (κ3) is 6.13. The lowest BCUT2D eigenvalue weighted by molar-refractivity contribution is 0.0176. The minimum atomic E-state index is -0.345. The molecule has 0 aromatic heterocycles. The zero-order valence-electron chi connectivity index (χ0n) is 16.6. The molecule has 5 heteroatoms. The van der Waals surface area contributed by atoms with E-state index in [1.807, 2.05) is 24.3 Å². The molecule has 1 aliphatic carbocycles. The van der Waals surface area contributed by atoms with Crippen molar-refractivity contribution in [1.29, 1.82) is 0 Å². The fourth-order valence-corrected chi connectivity index (χ4v) is 4.17. The van der Waals surface area contributed by atoms with Gasteiger partial charge in [-0.1, -0.05) is 26.2 Å². The SMILES string of the molecule is CCCCCOc1ccc(NC(=O)O[C@@H]2CCCC[C@@H]2N2CCCC2)cc1. The van der Waals surface area contributed by atoms with Gasteiger partial charge in [0.05, 0.1) is 6.61 Å². The Morgan fingerprint density at radius 3 is 2.56 bits per heavy atom. The molecule has 1 aromatic rings. The second kappa shape index (κ2) is 10.5. The Balaban J connectivity index is 1.46. The van der Waals surface area contributed by atoms with Crippen molar-refractivity contribution in [3.8, 4) is 5.75 Å². The van der Waals surface area contributed by atoms with Gasteiger partial charge in [-0.05, 0) is 75.9 Å². The highest BCUT2D eigenvalue weighted by molar-refractivity contribution is 5.84. The summed E-state index contributed by atoms with van der Waals surface area (Å²) in [5.74, 6) is 0.839. The van der Waals surface area contributed by atoms with Crippen LogP contribution in [0.25, 0.3) is 0 Å². The number of hydrogen-bond donors (Lipinski definition) is 1. The summed E-state index contributed by atoms with van der Waals surface area (Å²) in [5, 5.41) is 2.87. The zero-order valence-corrected chi connectivity index (χ0v) is 16.6. The first-order chi connectivity index (χ1) is 13.3. The number of carbonyl (C=O) groups is 1. The Morgan fingerprint density at radius 1 is 1.07 bits per heavy atom. The summed E-state index contributed by atoms with van der Waals surface area (Å²) < 4.78 is 11.5. The molecule has 1 saturated heterocycles. The van der Waals surface area contributed by atoms with Gasteiger partial charge < -0.3 is 9.47 Å². The van der Waals surface area contributed by atoms with Crippen molar-refractivity contribution in [1.82, 2.24) is 4.90 Å². The number of ether oxygens (including phenoxy) is 2. The van der Waals surface area contributed by atoms with Crippen molar-refractivity contribution in [2.45, 2.75) is 76.9 Å². The van der Waals surface area contributed by atoms with Gasteiger partial charge in [-0.25, -0.2) is 4.79 Å². The topological polar surface area (TPSA) is 50.8 Å². The molecule has 2 aliphatic rings. The number of nitrogens with zero attached hydrogens (tertiary/aromatic N) is 1. The molecule has 3 rings (SSSR count). The van der Waals surface area contributed by atoms with E-state index < -0.39 is 0 Å². The van der Waals surface area contributed by atoms with Gasteiger partial charge in [0.15, 0.2) is 0 Å². The van der Waals surface area contributed by atoms with E-state index in [4.69, 9.17) is 9.47 Å². The molecule has 1 aromatic carbocycles. The molecule has 1 heterocycles. The smallest absolute Gasteiger partial charge is 0.411 e. The zero-order chi connectivity index (χ0) is 18.9. The highest BCUT2D eigenvalue weighted by Crippen LogP contribution is 2.28. The number of amides is 1. The van der Waals surface area contributed by atoms with E-state index in [9.17, 15) is 4.79 Å². The Morgan fingerprint density at radius 2 is 1.81 bits per heavy atom. The van der Waals surface area contributed by atoms with Crippen molar-refractivity contribution in [2.24, 2.45) is 0 Å². The van der Waals surface area contributed by atoms with E-state index in [2.05, 4.69) is 17.1 Å². The van der Waals surface area contributed by atoms with E-state index in [1.54, 1.807) is 0 Å². The van der Waals surface area contributed by atoms with Gasteiger partial charge in [0, 0.05) is 11.7 Å². The maximum atomic E-state index is 12.4. The van der Waals surface area contributed by atoms with Crippen LogP contribution in [-0.2, 0) is 4.74 Å². The summed E-state index contributed by atoms with van der Waals surface area (Å²) >= 11 is 0. The lowest BCUT2D eigenvalue weighted by Gasteiger charge is -2.37. The predicted molar refractivity (Wildman–Crippen MR) is 108 cm³/mol. The first-order valence-electron chi connectivity index (χ1n) is 10.7. The summed E-state index contributed by atoms with van der Waals surface area (Å²) in [6.07, 6.45) is 10.1. The van der Waals surface area contributed by atoms with Crippen molar-refractivity contribution in [3.05, 3.63) is 24.3 Å². The lowest BCUT2D eigenvalue weighted by Crippen LogP contribution is -2.46. The Hall–Kier alpha value is -1.75. The maximum absolute atomic E-state index is 12.4. The largest absolute Gasteiger partial charge is 0.494 e. The number of carbonyl (C=O) groups excluding carboxylic acids is 1. The van der Waals surface area contributed by atoms with Crippen LogP contribution in [0.5, 0.6) is 5.75 Å². The number of rotatable bonds is 8. The molecular formula is C22H34N2O3. The molecule has 1 amide bonds. The Bertz CT molecular complexity index is 569. The van der Waals surface area contributed by atoms with Gasteiger partial charge in [-0.15, -0.1) is 0 Å². The molecule has 5 nitrogen and oxygen atoms in total. The van der Waals surface area contributed by atoms with Crippen LogP contribution < -0.4 is 10.1 Å². The van der Waals surface area contributed by atoms with E-state index in [-0.39, 0.29) is 12.2 Å². The average Bonchev–Trinajstić information content (AvgIpc) is 3.21. The van der Waals surface area contributed by atoms with Gasteiger partial charge in [0.25, 0.3) is 0 Å². The Labute approximate surface area is 163 Å². The van der Waals surface area contributed by atoms with Crippen LogP contribution in [0.2, 0.25) is 0 Å². The quantitative estimate of drug-likeness (QED) is 0.635. The number of benzene rings is 1. The van der Waals surface area contributed by atoms with E-state index in [1.165, 1.54) is 32.1 Å². The molecule has 1 N–H and O–H groups in total. The number of anilines is 1. The number of likely N-dealkylation sites (tertiary alicyclic amines) is 1. The maximum Gasteiger partial charge on any atom is 0.411 e. The second-order valence-corrected chi connectivity index (χ2v) is 7.74. The number of nitrogens with one attached hydrogen (secondary N) is 1. The highest BCUT2D eigenvalue weighted by atomic mass is 16.6. The minimum absolute atomic E-state index is 0.0121. The molecule has 0 radical (unpaired) electrons. The van der Waals surface area contributed by atoms with Gasteiger partial charge in [-0.2, -0.15) is 0 Å². The summed E-state index contributed by atoms with van der Waals surface area (Å²) in [4.78, 5) is 14.9. The van der Waals surface area contributed by atoms with Crippen molar-refractivity contribution >= 4 is 11.8 Å². The van der Waals surface area contributed by atoms with E-state index in [0.717, 1.165) is 56.8 Å². The minimum Gasteiger partial charge on any atom is -0.494 e. The molecular weight excluding hydrogens is 340 g/mol. The van der Waals surface area contributed by atoms with Gasteiger partial charge in [-0.3, -0.25) is 10.2 Å². The third-order valence-corrected chi connectivity index (χ3v) is 5.65. The Kier molecular flexibility index (Phi) is 7.81. The van der Waals surface area contributed by atoms with Crippen LogP contribution in [-0.4, -0.2) is 42.8 Å². The van der Waals surface area contributed by atoms with E-state index in [0.29, 0.717) is 6.04 Å². The lowest BCUT2D eigenvalue weighted by atomic mass is 9.91. The van der Waals surface area contributed by atoms with Crippen molar-refractivity contribution in [2.75, 3.05) is 25.0 Å². The second-order valence-electron chi connectivity index (χ2n) is 7.74. The first kappa shape index (κ1) is 20.0. The molecule has 2 fully saturated rings. The predicted octanol–water partition coefficient (Wildman–Crippen LogP) is 5.21. The van der Waals surface area contributed by atoms with Crippen LogP contribution in [0, 0.1) is 0 Å². The van der Waals surface area contributed by atoms with Crippen LogP contribution in [0.3, 0.4) is 0 Å². The summed E-state index contributed by atoms with van der Waals surface area (Å²) in [6, 6.07) is 7.93. The monoisotopic (exact) mass is 374 g/mol. The van der Waals surface area contributed by atoms with Crippen LogP contribution >= 0.6 is 0 Å². The summed E-state index contributed by atoms with van der Waals surface area (Å²) in [6.45, 7) is 5.21. The normalized spacial score (nSPS) is 23.1. The molecule has 27 heavy (non-hydrogen) atoms. The van der Waals surface area contributed by atoms with Gasteiger partial charge >= 0.3 is 6.09 Å². The summed E-state index contributed by atoms with van der Waals surface area (Å²) in [7, 11) is 0. The number of unbranched alkanes of at least 4 members (excludes halogenated alkanes) is 2.